The van der Waals surface area contributed by atoms with Gasteiger partial charge in [-0.05, 0) is 45.3 Å². The van der Waals surface area contributed by atoms with Gasteiger partial charge >= 0.3 is 6.03 Å². The maximum Gasteiger partial charge on any atom is 0.321 e. The average Bonchev–Trinajstić information content (AvgIpc) is 2.34. The first-order valence-corrected chi connectivity index (χ1v) is 7.11. The van der Waals surface area contributed by atoms with Crippen LogP contribution in [0.25, 0.3) is 0 Å². The molecule has 0 aromatic rings. The molecule has 4 heteroatoms. The Kier molecular flexibility index (Phi) is 5.41. The number of rotatable bonds is 2. The molecule has 110 valence electrons. The van der Waals surface area contributed by atoms with Crippen LogP contribution in [0.4, 0.5) is 4.79 Å². The summed E-state index contributed by atoms with van der Waals surface area (Å²) >= 11 is 0. The zero-order valence-corrected chi connectivity index (χ0v) is 13.3. The first-order valence-electron chi connectivity index (χ1n) is 7.11. The molecule has 0 radical (unpaired) electrons. The molecule has 0 saturated carbocycles. The predicted molar refractivity (Wildman–Crippen MR) is 80.0 cm³/mol. The Balaban J connectivity index is 2.49. The van der Waals surface area contributed by atoms with Gasteiger partial charge in [-0.2, -0.15) is 0 Å². The highest BCUT2D eigenvalue weighted by molar-refractivity contribution is 5.75. The van der Waals surface area contributed by atoms with Crippen molar-refractivity contribution in [2.45, 2.75) is 46.6 Å². The van der Waals surface area contributed by atoms with Gasteiger partial charge in [-0.25, -0.2) is 4.79 Å². The molecule has 0 aromatic carbocycles. The van der Waals surface area contributed by atoms with E-state index < -0.39 is 0 Å². The van der Waals surface area contributed by atoms with E-state index in [-0.39, 0.29) is 11.4 Å². The van der Waals surface area contributed by atoms with Crippen molar-refractivity contribution in [3.8, 4) is 0 Å². The number of piperidine rings is 1. The number of nitrogens with one attached hydrogen (secondary N) is 1. The summed E-state index contributed by atoms with van der Waals surface area (Å²) in [6.07, 6.45) is 3.96. The van der Waals surface area contributed by atoms with Gasteiger partial charge in [0.15, 0.2) is 0 Å². The fourth-order valence-corrected chi connectivity index (χ4v) is 2.04. The maximum absolute atomic E-state index is 12.1. The van der Waals surface area contributed by atoms with Crippen LogP contribution in [-0.4, -0.2) is 49.1 Å². The minimum Gasteiger partial charge on any atom is -0.325 e. The summed E-state index contributed by atoms with van der Waals surface area (Å²) in [7, 11) is 4.03. The monoisotopic (exact) mass is 267 g/mol. The average molecular weight is 267 g/mol. The maximum atomic E-state index is 12.1. The van der Waals surface area contributed by atoms with Crippen molar-refractivity contribution in [3.63, 3.8) is 0 Å². The Labute approximate surface area is 117 Å². The molecule has 1 aliphatic rings. The molecule has 19 heavy (non-hydrogen) atoms. The third kappa shape index (κ3) is 4.86. The number of likely N-dealkylation sites (tertiary alicyclic amines) is 1. The van der Waals surface area contributed by atoms with Gasteiger partial charge in [0, 0.05) is 19.3 Å². The smallest absolute Gasteiger partial charge is 0.321 e. The highest BCUT2D eigenvalue weighted by Gasteiger charge is 2.23. The van der Waals surface area contributed by atoms with Crippen molar-refractivity contribution < 1.29 is 4.79 Å². The molecule has 4 nitrogen and oxygen atoms in total. The molecule has 1 heterocycles. The van der Waals surface area contributed by atoms with Crippen LogP contribution in [0.3, 0.4) is 0 Å². The van der Waals surface area contributed by atoms with E-state index in [1.54, 1.807) is 0 Å². The Hall–Kier alpha value is -1.03. The topological polar surface area (TPSA) is 35.6 Å². The second kappa shape index (κ2) is 6.42. The highest BCUT2D eigenvalue weighted by atomic mass is 16.2. The van der Waals surface area contributed by atoms with Crippen LogP contribution in [0.2, 0.25) is 0 Å². The number of urea groups is 1. The quantitative estimate of drug-likeness (QED) is 0.835. The van der Waals surface area contributed by atoms with Crippen molar-refractivity contribution >= 4 is 6.03 Å². The Bertz CT molecular complexity index is 336. The molecular weight excluding hydrogens is 238 g/mol. The van der Waals surface area contributed by atoms with Crippen LogP contribution in [0, 0.1) is 5.41 Å². The second-order valence-electron chi connectivity index (χ2n) is 6.67. The molecule has 0 bridgehead atoms. The third-order valence-corrected chi connectivity index (χ3v) is 4.15. The Morgan fingerprint density at radius 2 is 1.84 bits per heavy atom. The lowest BCUT2D eigenvalue weighted by atomic mass is 9.88. The number of nitrogens with zero attached hydrogens (tertiary/aromatic N) is 2. The van der Waals surface area contributed by atoms with E-state index in [0.717, 1.165) is 25.9 Å². The van der Waals surface area contributed by atoms with E-state index >= 15 is 0 Å². The Morgan fingerprint density at radius 3 is 2.32 bits per heavy atom. The largest absolute Gasteiger partial charge is 0.325 e. The normalized spacial score (nSPS) is 19.4. The van der Waals surface area contributed by atoms with Crippen molar-refractivity contribution in [3.05, 3.63) is 11.8 Å². The number of amides is 2. The van der Waals surface area contributed by atoms with E-state index in [2.05, 4.69) is 45.0 Å². The van der Waals surface area contributed by atoms with Crippen LogP contribution in [0.5, 0.6) is 0 Å². The summed E-state index contributed by atoms with van der Waals surface area (Å²) in [6.45, 7) is 10.6. The molecule has 0 unspecified atom stereocenters. The molecule has 1 N–H and O–H groups in total. The van der Waals surface area contributed by atoms with Crippen LogP contribution in [0.15, 0.2) is 11.8 Å². The third-order valence-electron chi connectivity index (χ3n) is 4.15. The SMILES string of the molecule is C/C(=C\NC(=O)N(C)C1CCN(C)CC1)C(C)(C)C. The fraction of sp³-hybridized carbons (Fsp3) is 0.800. The van der Waals surface area contributed by atoms with E-state index in [0.29, 0.717) is 6.04 Å². The van der Waals surface area contributed by atoms with Crippen LogP contribution < -0.4 is 5.32 Å². The van der Waals surface area contributed by atoms with Crippen molar-refractivity contribution in [1.29, 1.82) is 0 Å². The number of carbonyl (C=O) groups excluding carboxylic acids is 1. The summed E-state index contributed by atoms with van der Waals surface area (Å²) in [5, 5.41) is 2.91. The summed E-state index contributed by atoms with van der Waals surface area (Å²) in [5.41, 5.74) is 1.27. The standard InChI is InChI=1S/C15H29N3O/c1-12(15(2,3)4)11-16-14(19)18(6)13-7-9-17(5)10-8-13/h11,13H,7-10H2,1-6H3,(H,16,19)/b12-11+. The van der Waals surface area contributed by atoms with Gasteiger partial charge in [-0.3, -0.25) is 0 Å². The lowest BCUT2D eigenvalue weighted by molar-refractivity contribution is 0.150. The van der Waals surface area contributed by atoms with Gasteiger partial charge in [0.2, 0.25) is 0 Å². The fourth-order valence-electron chi connectivity index (χ4n) is 2.04. The Morgan fingerprint density at radius 1 is 1.32 bits per heavy atom. The first-order chi connectivity index (χ1) is 8.71. The predicted octanol–water partition coefficient (Wildman–Crippen LogP) is 2.67. The van der Waals surface area contributed by atoms with Crippen molar-refractivity contribution in [1.82, 2.24) is 15.1 Å². The molecule has 1 saturated heterocycles. The summed E-state index contributed by atoms with van der Waals surface area (Å²) in [6, 6.07) is 0.359. The minimum absolute atomic E-state index is 0.00171. The lowest BCUT2D eigenvalue weighted by Gasteiger charge is -2.34. The van der Waals surface area contributed by atoms with Gasteiger partial charge in [-0.15, -0.1) is 0 Å². The van der Waals surface area contributed by atoms with Crippen molar-refractivity contribution in [2.75, 3.05) is 27.2 Å². The molecule has 1 fully saturated rings. The molecular formula is C15H29N3O. The van der Waals surface area contributed by atoms with Gasteiger partial charge < -0.3 is 15.1 Å². The molecule has 0 aromatic heterocycles. The van der Waals surface area contributed by atoms with E-state index in [1.165, 1.54) is 5.57 Å². The molecule has 1 rings (SSSR count). The molecule has 0 atom stereocenters. The van der Waals surface area contributed by atoms with E-state index in [1.807, 2.05) is 18.1 Å². The highest BCUT2D eigenvalue weighted by Crippen LogP contribution is 2.23. The summed E-state index contributed by atoms with van der Waals surface area (Å²) < 4.78 is 0. The zero-order chi connectivity index (χ0) is 14.6. The lowest BCUT2D eigenvalue weighted by Crippen LogP contribution is -2.47. The van der Waals surface area contributed by atoms with Gasteiger partial charge in [0.05, 0.1) is 0 Å². The molecule has 0 aliphatic carbocycles. The van der Waals surface area contributed by atoms with Crippen molar-refractivity contribution in [2.24, 2.45) is 5.41 Å². The van der Waals surface area contributed by atoms with Crippen LogP contribution in [-0.2, 0) is 0 Å². The molecule has 2 amide bonds. The van der Waals surface area contributed by atoms with E-state index in [9.17, 15) is 4.79 Å². The van der Waals surface area contributed by atoms with Crippen LogP contribution >= 0.6 is 0 Å². The first kappa shape index (κ1) is 16.0. The second-order valence-corrected chi connectivity index (χ2v) is 6.67. The number of carbonyl (C=O) groups is 1. The van der Waals surface area contributed by atoms with Gasteiger partial charge in [0.1, 0.15) is 0 Å². The molecule has 1 aliphatic heterocycles. The number of hydrogen-bond acceptors (Lipinski definition) is 2. The summed E-state index contributed by atoms with van der Waals surface area (Å²) in [5.74, 6) is 0. The number of hydrogen-bond donors (Lipinski definition) is 1. The summed E-state index contributed by atoms with van der Waals surface area (Å²) in [4.78, 5) is 16.3. The van der Waals surface area contributed by atoms with Gasteiger partial charge in [0.25, 0.3) is 0 Å². The minimum atomic E-state index is -0.00171. The number of allylic oxidation sites excluding steroid dienone is 1. The zero-order valence-electron chi connectivity index (χ0n) is 13.3. The molecule has 0 spiro atoms. The van der Waals surface area contributed by atoms with E-state index in [4.69, 9.17) is 0 Å². The van der Waals surface area contributed by atoms with Crippen LogP contribution in [0.1, 0.15) is 40.5 Å². The van der Waals surface area contributed by atoms with Gasteiger partial charge in [-0.1, -0.05) is 26.3 Å².